The first-order valence-corrected chi connectivity index (χ1v) is 6.72. The molecule has 4 nitrogen and oxygen atoms in total. The van der Waals surface area contributed by atoms with Crippen molar-refractivity contribution >= 4 is 11.8 Å². The summed E-state index contributed by atoms with van der Waals surface area (Å²) in [6.07, 6.45) is 1.74. The SMILES string of the molecule is COc1ccnc(CSCC(C)CN)c1OC. The molecule has 0 fully saturated rings. The van der Waals surface area contributed by atoms with Gasteiger partial charge in [-0.25, -0.2) is 0 Å². The Labute approximate surface area is 107 Å². The number of nitrogens with two attached hydrogens (primary N) is 1. The third kappa shape index (κ3) is 4.09. The van der Waals surface area contributed by atoms with Gasteiger partial charge in [-0.3, -0.25) is 4.98 Å². The van der Waals surface area contributed by atoms with Crippen molar-refractivity contribution in [3.8, 4) is 11.5 Å². The summed E-state index contributed by atoms with van der Waals surface area (Å²) in [6, 6.07) is 1.80. The molecule has 0 aromatic carbocycles. The van der Waals surface area contributed by atoms with E-state index in [1.165, 1.54) is 0 Å². The van der Waals surface area contributed by atoms with E-state index in [4.69, 9.17) is 15.2 Å². The Balaban J connectivity index is 2.64. The molecule has 0 amide bonds. The lowest BCUT2D eigenvalue weighted by molar-refractivity contribution is 0.350. The molecule has 0 saturated heterocycles. The van der Waals surface area contributed by atoms with Crippen LogP contribution < -0.4 is 15.2 Å². The maximum Gasteiger partial charge on any atom is 0.183 e. The number of hydrogen-bond donors (Lipinski definition) is 1. The van der Waals surface area contributed by atoms with Crippen LogP contribution in [-0.4, -0.2) is 31.5 Å². The highest BCUT2D eigenvalue weighted by atomic mass is 32.2. The fourth-order valence-corrected chi connectivity index (χ4v) is 2.43. The van der Waals surface area contributed by atoms with Crippen LogP contribution in [0.25, 0.3) is 0 Å². The van der Waals surface area contributed by atoms with Gasteiger partial charge in [0.25, 0.3) is 0 Å². The zero-order valence-corrected chi connectivity index (χ0v) is 11.4. The zero-order valence-electron chi connectivity index (χ0n) is 10.6. The molecule has 0 spiro atoms. The molecule has 17 heavy (non-hydrogen) atoms. The molecule has 1 unspecified atom stereocenters. The van der Waals surface area contributed by atoms with Gasteiger partial charge in [0.1, 0.15) is 0 Å². The molecule has 0 aliphatic carbocycles. The minimum Gasteiger partial charge on any atom is -0.493 e. The summed E-state index contributed by atoms with van der Waals surface area (Å²) in [5.41, 5.74) is 6.50. The van der Waals surface area contributed by atoms with Crippen molar-refractivity contribution in [2.75, 3.05) is 26.5 Å². The highest BCUT2D eigenvalue weighted by molar-refractivity contribution is 7.98. The molecular formula is C12H20N2O2S. The lowest BCUT2D eigenvalue weighted by Crippen LogP contribution is -2.12. The minimum absolute atomic E-state index is 0.525. The Hall–Kier alpha value is -0.940. The van der Waals surface area contributed by atoms with Crippen molar-refractivity contribution in [3.05, 3.63) is 18.0 Å². The molecule has 1 rings (SSSR count). The number of pyridine rings is 1. The van der Waals surface area contributed by atoms with Gasteiger partial charge in [-0.15, -0.1) is 0 Å². The van der Waals surface area contributed by atoms with E-state index in [-0.39, 0.29) is 0 Å². The molecule has 0 bridgehead atoms. The number of ether oxygens (including phenoxy) is 2. The third-order valence-corrected chi connectivity index (χ3v) is 3.69. The maximum absolute atomic E-state index is 5.58. The highest BCUT2D eigenvalue weighted by Gasteiger charge is 2.11. The molecule has 0 saturated carbocycles. The lowest BCUT2D eigenvalue weighted by atomic mass is 10.2. The molecule has 1 aromatic rings. The van der Waals surface area contributed by atoms with E-state index in [1.807, 2.05) is 11.8 Å². The average Bonchev–Trinajstić information content (AvgIpc) is 2.37. The number of rotatable bonds is 7. The fourth-order valence-electron chi connectivity index (χ4n) is 1.38. The molecule has 1 atom stereocenters. The number of methoxy groups -OCH3 is 2. The maximum atomic E-state index is 5.58. The molecule has 1 heterocycles. The summed E-state index contributed by atoms with van der Waals surface area (Å²) in [5, 5.41) is 0. The van der Waals surface area contributed by atoms with Gasteiger partial charge in [-0.1, -0.05) is 6.92 Å². The summed E-state index contributed by atoms with van der Waals surface area (Å²) in [5.74, 6) is 3.81. The second kappa shape index (κ2) is 7.40. The van der Waals surface area contributed by atoms with Crippen LogP contribution in [-0.2, 0) is 5.75 Å². The van der Waals surface area contributed by atoms with E-state index in [0.29, 0.717) is 5.92 Å². The van der Waals surface area contributed by atoms with Gasteiger partial charge in [0.15, 0.2) is 11.5 Å². The van der Waals surface area contributed by atoms with Gasteiger partial charge in [0.2, 0.25) is 0 Å². The monoisotopic (exact) mass is 256 g/mol. The fraction of sp³-hybridized carbons (Fsp3) is 0.583. The van der Waals surface area contributed by atoms with Gasteiger partial charge in [0.05, 0.1) is 19.9 Å². The quantitative estimate of drug-likeness (QED) is 0.808. The van der Waals surface area contributed by atoms with Crippen LogP contribution in [0.3, 0.4) is 0 Å². The summed E-state index contributed by atoms with van der Waals surface area (Å²) < 4.78 is 10.6. The molecular weight excluding hydrogens is 236 g/mol. The van der Waals surface area contributed by atoms with E-state index in [9.17, 15) is 0 Å². The Morgan fingerprint density at radius 3 is 2.76 bits per heavy atom. The first-order chi connectivity index (χ1) is 8.22. The lowest BCUT2D eigenvalue weighted by Gasteiger charge is -2.12. The van der Waals surface area contributed by atoms with Crippen LogP contribution in [0.1, 0.15) is 12.6 Å². The largest absolute Gasteiger partial charge is 0.493 e. The molecule has 96 valence electrons. The van der Waals surface area contributed by atoms with Crippen LogP contribution in [0.4, 0.5) is 0 Å². The Bertz CT molecular complexity index is 347. The third-order valence-electron chi connectivity index (χ3n) is 2.41. The zero-order chi connectivity index (χ0) is 12.7. The molecule has 0 radical (unpaired) electrons. The van der Waals surface area contributed by atoms with Crippen LogP contribution in [0.2, 0.25) is 0 Å². The van der Waals surface area contributed by atoms with Gasteiger partial charge in [-0.05, 0) is 18.2 Å². The van der Waals surface area contributed by atoms with Crippen molar-refractivity contribution in [2.24, 2.45) is 11.7 Å². The van der Waals surface area contributed by atoms with Crippen LogP contribution >= 0.6 is 11.8 Å². The van der Waals surface area contributed by atoms with E-state index in [1.54, 1.807) is 26.5 Å². The van der Waals surface area contributed by atoms with Crippen molar-refractivity contribution in [3.63, 3.8) is 0 Å². The molecule has 0 aliphatic heterocycles. The second-order valence-electron chi connectivity index (χ2n) is 3.85. The number of nitrogens with zero attached hydrogens (tertiary/aromatic N) is 1. The van der Waals surface area contributed by atoms with Gasteiger partial charge < -0.3 is 15.2 Å². The number of aromatic nitrogens is 1. The van der Waals surface area contributed by atoms with Crippen molar-refractivity contribution in [1.29, 1.82) is 0 Å². The van der Waals surface area contributed by atoms with Gasteiger partial charge in [-0.2, -0.15) is 11.8 Å². The Kier molecular flexibility index (Phi) is 6.15. The smallest absolute Gasteiger partial charge is 0.183 e. The summed E-state index contributed by atoms with van der Waals surface area (Å²) in [7, 11) is 3.27. The first-order valence-electron chi connectivity index (χ1n) is 5.56. The minimum atomic E-state index is 0.525. The molecule has 2 N–H and O–H groups in total. The van der Waals surface area contributed by atoms with Crippen molar-refractivity contribution < 1.29 is 9.47 Å². The van der Waals surface area contributed by atoms with Crippen molar-refractivity contribution in [2.45, 2.75) is 12.7 Å². The molecule has 0 aliphatic rings. The van der Waals surface area contributed by atoms with E-state index >= 15 is 0 Å². The average molecular weight is 256 g/mol. The predicted octanol–water partition coefficient (Wildman–Crippen LogP) is 1.93. The van der Waals surface area contributed by atoms with Crippen LogP contribution in [0.15, 0.2) is 12.3 Å². The standard InChI is InChI=1S/C12H20N2O2S/c1-9(6-13)7-17-8-10-12(16-3)11(15-2)4-5-14-10/h4-5,9H,6-8,13H2,1-3H3. The van der Waals surface area contributed by atoms with Crippen molar-refractivity contribution in [1.82, 2.24) is 4.98 Å². The summed E-state index contributed by atoms with van der Waals surface area (Å²) >= 11 is 1.81. The summed E-state index contributed by atoms with van der Waals surface area (Å²) in [4.78, 5) is 4.32. The predicted molar refractivity (Wildman–Crippen MR) is 71.7 cm³/mol. The molecule has 5 heteroatoms. The highest BCUT2D eigenvalue weighted by Crippen LogP contribution is 2.31. The van der Waals surface area contributed by atoms with E-state index < -0.39 is 0 Å². The topological polar surface area (TPSA) is 57.4 Å². The van der Waals surface area contributed by atoms with Crippen LogP contribution in [0.5, 0.6) is 11.5 Å². The van der Waals surface area contributed by atoms with E-state index in [2.05, 4.69) is 11.9 Å². The summed E-state index contributed by atoms with van der Waals surface area (Å²) in [6.45, 7) is 2.86. The molecule has 1 aromatic heterocycles. The van der Waals surface area contributed by atoms with Gasteiger partial charge in [0, 0.05) is 18.0 Å². The van der Waals surface area contributed by atoms with Gasteiger partial charge >= 0.3 is 0 Å². The normalized spacial score (nSPS) is 12.2. The second-order valence-corrected chi connectivity index (χ2v) is 4.88. The first kappa shape index (κ1) is 14.1. The number of hydrogen-bond acceptors (Lipinski definition) is 5. The Morgan fingerprint density at radius 1 is 1.41 bits per heavy atom. The Morgan fingerprint density at radius 2 is 2.18 bits per heavy atom. The number of thioether (sulfide) groups is 1. The van der Waals surface area contributed by atoms with E-state index in [0.717, 1.165) is 35.2 Å². The van der Waals surface area contributed by atoms with Crippen LogP contribution in [0, 0.1) is 5.92 Å².